The summed E-state index contributed by atoms with van der Waals surface area (Å²) in [7, 11) is 1.45. The highest BCUT2D eigenvalue weighted by atomic mass is 19.4. The Hall–Kier alpha value is -4.51. The number of fused-ring (bicyclic) bond motifs is 2. The molecule has 2 N–H and O–H groups in total. The number of benzene rings is 3. The number of aromatic nitrogens is 1. The maximum absolute atomic E-state index is 15.0. The molecular formula is C35H33F4N3O4. The van der Waals surface area contributed by atoms with E-state index in [9.17, 15) is 37.1 Å². The lowest BCUT2D eigenvalue weighted by molar-refractivity contribution is -0.139. The van der Waals surface area contributed by atoms with Gasteiger partial charge < -0.3 is 15.0 Å². The van der Waals surface area contributed by atoms with Crippen LogP contribution in [-0.4, -0.2) is 45.6 Å². The summed E-state index contributed by atoms with van der Waals surface area (Å²) in [5.41, 5.74) is 0.107. The van der Waals surface area contributed by atoms with Crippen molar-refractivity contribution < 1.29 is 32.3 Å². The van der Waals surface area contributed by atoms with Crippen molar-refractivity contribution in [3.8, 4) is 0 Å². The van der Waals surface area contributed by atoms with Crippen molar-refractivity contribution in [1.29, 1.82) is 0 Å². The molecule has 240 valence electrons. The summed E-state index contributed by atoms with van der Waals surface area (Å²) in [4.78, 5) is 41.4. The van der Waals surface area contributed by atoms with Gasteiger partial charge in [0, 0.05) is 36.9 Å². The highest BCUT2D eigenvalue weighted by Gasteiger charge is 2.42. The minimum absolute atomic E-state index is 0.0670. The molecule has 3 aromatic carbocycles. The van der Waals surface area contributed by atoms with Gasteiger partial charge in [-0.1, -0.05) is 48.5 Å². The molecule has 2 atom stereocenters. The van der Waals surface area contributed by atoms with Crippen LogP contribution >= 0.6 is 0 Å². The number of nitrogens with zero attached hydrogens (tertiary/aromatic N) is 2. The smallest absolute Gasteiger partial charge is 0.417 e. The molecular weight excluding hydrogens is 602 g/mol. The molecule has 1 saturated heterocycles. The third-order valence-electron chi connectivity index (χ3n) is 9.29. The van der Waals surface area contributed by atoms with Crippen LogP contribution in [0.5, 0.6) is 0 Å². The monoisotopic (exact) mass is 635 g/mol. The Bertz CT molecular complexity index is 1900. The van der Waals surface area contributed by atoms with E-state index in [0.717, 1.165) is 32.0 Å². The molecule has 11 heteroatoms. The van der Waals surface area contributed by atoms with Crippen molar-refractivity contribution in [2.24, 2.45) is 7.05 Å². The van der Waals surface area contributed by atoms with Crippen molar-refractivity contribution in [2.75, 3.05) is 13.1 Å². The number of hydrogen-bond acceptors (Lipinski definition) is 4. The Balaban J connectivity index is 1.33. The molecule has 7 nitrogen and oxygen atoms in total. The summed E-state index contributed by atoms with van der Waals surface area (Å²) in [6.45, 7) is 2.01. The van der Waals surface area contributed by atoms with Gasteiger partial charge in [0.15, 0.2) is 0 Å². The first-order chi connectivity index (χ1) is 22.0. The fraction of sp³-hybridized carbons (Fsp3) is 0.343. The number of carboxylic acids is 1. The largest absolute Gasteiger partial charge is 0.480 e. The highest BCUT2D eigenvalue weighted by Crippen LogP contribution is 2.45. The molecule has 46 heavy (non-hydrogen) atoms. The lowest BCUT2D eigenvalue weighted by atomic mass is 9.87. The van der Waals surface area contributed by atoms with Crippen LogP contribution in [0.25, 0.3) is 10.9 Å². The third-order valence-corrected chi connectivity index (χ3v) is 9.29. The molecule has 0 saturated carbocycles. The van der Waals surface area contributed by atoms with Gasteiger partial charge in [0.2, 0.25) is 0 Å². The van der Waals surface area contributed by atoms with Gasteiger partial charge in [-0.25, -0.2) is 9.18 Å². The number of nitrogens with one attached hydrogen (secondary N) is 1. The van der Waals surface area contributed by atoms with Gasteiger partial charge in [-0.2, -0.15) is 13.2 Å². The highest BCUT2D eigenvalue weighted by molar-refractivity contribution is 5.98. The minimum Gasteiger partial charge on any atom is -0.480 e. The predicted molar refractivity (Wildman–Crippen MR) is 164 cm³/mol. The Morgan fingerprint density at radius 3 is 2.41 bits per heavy atom. The van der Waals surface area contributed by atoms with Crippen LogP contribution in [0, 0.1) is 5.82 Å². The van der Waals surface area contributed by atoms with E-state index in [1.165, 1.54) is 35.9 Å². The summed E-state index contributed by atoms with van der Waals surface area (Å²) in [6, 6.07) is 13.8. The molecule has 0 bridgehead atoms. The van der Waals surface area contributed by atoms with Gasteiger partial charge in [-0.05, 0) is 73.2 Å². The number of alkyl halides is 3. The first kappa shape index (κ1) is 31.5. The number of likely N-dealkylation sites (tertiary alicyclic amines) is 1. The van der Waals surface area contributed by atoms with Crippen LogP contribution in [0.3, 0.4) is 0 Å². The number of para-hydroxylation sites is 1. The summed E-state index contributed by atoms with van der Waals surface area (Å²) in [6.07, 6.45) is -2.41. The van der Waals surface area contributed by atoms with E-state index in [1.54, 1.807) is 30.3 Å². The maximum Gasteiger partial charge on any atom is 0.417 e. The number of carbonyl (C=O) groups is 2. The van der Waals surface area contributed by atoms with Crippen molar-refractivity contribution in [1.82, 2.24) is 14.8 Å². The minimum atomic E-state index is -4.79. The van der Waals surface area contributed by atoms with Gasteiger partial charge in [-0.15, -0.1) is 0 Å². The zero-order valence-electron chi connectivity index (χ0n) is 25.2. The molecule has 2 aliphatic rings. The summed E-state index contributed by atoms with van der Waals surface area (Å²) in [5, 5.41) is 12.5. The molecule has 0 radical (unpaired) electrons. The van der Waals surface area contributed by atoms with Crippen molar-refractivity contribution in [2.45, 2.75) is 56.8 Å². The summed E-state index contributed by atoms with van der Waals surface area (Å²) < 4.78 is 60.0. The van der Waals surface area contributed by atoms with E-state index in [2.05, 4.69) is 10.2 Å². The number of hydrogen-bond donors (Lipinski definition) is 2. The maximum atomic E-state index is 15.0. The molecule has 0 unspecified atom stereocenters. The molecule has 1 aliphatic heterocycles. The summed E-state index contributed by atoms with van der Waals surface area (Å²) in [5.74, 6) is -3.79. The number of aryl methyl sites for hydroxylation is 1. The Labute approximate surface area is 262 Å². The molecule has 1 fully saturated rings. The van der Waals surface area contributed by atoms with Crippen LogP contribution in [0.4, 0.5) is 17.6 Å². The van der Waals surface area contributed by atoms with Crippen LogP contribution < -0.4 is 10.9 Å². The van der Waals surface area contributed by atoms with Gasteiger partial charge in [0.05, 0.1) is 16.6 Å². The third kappa shape index (κ3) is 5.79. The number of rotatable bonds is 8. The molecule has 6 rings (SSSR count). The van der Waals surface area contributed by atoms with Crippen molar-refractivity contribution in [3.05, 3.63) is 116 Å². The normalized spacial score (nSPS) is 17.3. The first-order valence-electron chi connectivity index (χ1n) is 15.3. The lowest BCUT2D eigenvalue weighted by Crippen LogP contribution is -2.43. The second-order valence-electron chi connectivity index (χ2n) is 12.1. The van der Waals surface area contributed by atoms with Crippen molar-refractivity contribution >= 4 is 22.8 Å². The molecule has 0 spiro atoms. The lowest BCUT2D eigenvalue weighted by Gasteiger charge is -2.22. The fourth-order valence-electron chi connectivity index (χ4n) is 7.16. The SMILES string of the molecule is Cn1c(=O)c([C@@H]2CCc3c(C[C@H](NC(=O)c4c(F)cccc4CN4CCCC4)C(=O)O)cccc32)c(C(F)(F)F)c2ccccc21. The number of carboxylic acid groups (broad SMARTS) is 1. The number of carbonyl (C=O) groups excluding carboxylic acids is 1. The number of pyridine rings is 1. The van der Waals surface area contributed by atoms with Crippen molar-refractivity contribution in [3.63, 3.8) is 0 Å². The molecule has 1 aromatic heterocycles. The molecule has 1 amide bonds. The Morgan fingerprint density at radius 2 is 1.70 bits per heavy atom. The van der Waals surface area contributed by atoms with Gasteiger partial charge in [0.25, 0.3) is 11.5 Å². The van der Waals surface area contributed by atoms with E-state index in [1.807, 2.05) is 0 Å². The standard InChI is InChI=1S/C35H33F4N3O4/c1-41-28-13-3-2-10-25(28)31(35(37,38)39)30(33(41)44)24-15-14-22-20(8-6-11-23(22)24)18-27(34(45)46)40-32(43)29-21(9-7-12-26(29)36)19-42-16-4-5-17-42/h2-3,6-13,24,27H,4-5,14-19H2,1H3,(H,40,43)(H,45,46)/t24-,27+/m1/s1. The number of aliphatic carboxylic acids is 1. The topological polar surface area (TPSA) is 91.6 Å². The Kier molecular flexibility index (Phi) is 8.45. The van der Waals surface area contributed by atoms with E-state index in [0.29, 0.717) is 35.2 Å². The second kappa shape index (κ2) is 12.4. The fourth-order valence-corrected chi connectivity index (χ4v) is 7.16. The van der Waals surface area contributed by atoms with E-state index in [4.69, 9.17) is 0 Å². The van der Waals surface area contributed by atoms with E-state index >= 15 is 0 Å². The van der Waals surface area contributed by atoms with Crippen LogP contribution in [0.1, 0.15) is 68.9 Å². The quantitative estimate of drug-likeness (QED) is 0.239. The van der Waals surface area contributed by atoms with Crippen LogP contribution in [0.15, 0.2) is 65.5 Å². The number of amides is 1. The second-order valence-corrected chi connectivity index (χ2v) is 12.1. The number of halogens is 4. The van der Waals surface area contributed by atoms with Crippen LogP contribution in [0.2, 0.25) is 0 Å². The zero-order valence-corrected chi connectivity index (χ0v) is 25.2. The average molecular weight is 636 g/mol. The molecule has 4 aromatic rings. The van der Waals surface area contributed by atoms with E-state index in [-0.39, 0.29) is 34.9 Å². The first-order valence-corrected chi connectivity index (χ1v) is 15.3. The van der Waals surface area contributed by atoms with E-state index < -0.39 is 47.0 Å². The Morgan fingerprint density at radius 1 is 1.00 bits per heavy atom. The zero-order chi connectivity index (χ0) is 32.7. The average Bonchev–Trinajstić information content (AvgIpc) is 3.68. The predicted octanol–water partition coefficient (Wildman–Crippen LogP) is 5.80. The summed E-state index contributed by atoms with van der Waals surface area (Å²) >= 11 is 0. The molecule has 1 aliphatic carbocycles. The van der Waals surface area contributed by atoms with Crippen LogP contribution in [-0.2, 0) is 37.4 Å². The molecule has 2 heterocycles. The van der Waals surface area contributed by atoms with Gasteiger partial charge >= 0.3 is 12.1 Å². The van der Waals surface area contributed by atoms with Gasteiger partial charge in [0.1, 0.15) is 11.9 Å². The van der Waals surface area contributed by atoms with Gasteiger partial charge in [-0.3, -0.25) is 14.5 Å².